The third kappa shape index (κ3) is 4.29. The maximum atomic E-state index is 12.2. The minimum absolute atomic E-state index is 0.0512. The van der Waals surface area contributed by atoms with Gasteiger partial charge in [-0.25, -0.2) is 0 Å². The lowest BCUT2D eigenvalue weighted by molar-refractivity contribution is -0.129. The Bertz CT molecular complexity index is 890. The van der Waals surface area contributed by atoms with E-state index >= 15 is 0 Å². The Balaban J connectivity index is 1.70. The molecule has 0 aliphatic heterocycles. The number of para-hydroxylation sites is 1. The number of nitrogens with one attached hydrogen (secondary N) is 1. The molecule has 26 heavy (non-hydrogen) atoms. The van der Waals surface area contributed by atoms with Crippen molar-refractivity contribution in [2.45, 2.75) is 30.8 Å². The van der Waals surface area contributed by atoms with Crippen molar-refractivity contribution in [3.8, 4) is 0 Å². The standard InChI is InChI=1S/C21H25N3OS/c1-15(25)24(13-16-7-3-6-10-21(16)26-2)14-18(22)11-17-12-23-20-9-5-4-8-19(17)20/h3-10,12,18,23H,11,13-14,22H2,1-2H3. The Labute approximate surface area is 158 Å². The number of aromatic amines is 1. The van der Waals surface area contributed by atoms with Gasteiger partial charge in [-0.2, -0.15) is 0 Å². The number of hydrogen-bond donors (Lipinski definition) is 2. The first-order chi connectivity index (χ1) is 12.6. The molecule has 0 aliphatic carbocycles. The van der Waals surface area contributed by atoms with Gasteiger partial charge in [0.15, 0.2) is 0 Å². The number of nitrogens with two attached hydrogens (primary N) is 1. The predicted octanol–water partition coefficient (Wildman–Crippen LogP) is 3.81. The predicted molar refractivity (Wildman–Crippen MR) is 109 cm³/mol. The molecular formula is C21H25N3OS. The highest BCUT2D eigenvalue weighted by atomic mass is 32.2. The maximum absolute atomic E-state index is 12.2. The molecule has 1 heterocycles. The van der Waals surface area contributed by atoms with Crippen LogP contribution in [0.25, 0.3) is 10.9 Å². The third-order valence-corrected chi connectivity index (χ3v) is 5.45. The van der Waals surface area contributed by atoms with Gasteiger partial charge in [0.05, 0.1) is 0 Å². The van der Waals surface area contributed by atoms with Crippen molar-refractivity contribution >= 4 is 28.6 Å². The average molecular weight is 368 g/mol. The van der Waals surface area contributed by atoms with Gasteiger partial charge in [-0.3, -0.25) is 4.79 Å². The molecule has 0 radical (unpaired) electrons. The van der Waals surface area contributed by atoms with Crippen molar-refractivity contribution in [1.82, 2.24) is 9.88 Å². The first-order valence-corrected chi connectivity index (χ1v) is 9.99. The normalized spacial score (nSPS) is 12.3. The number of fused-ring (bicyclic) bond motifs is 1. The average Bonchev–Trinajstić information content (AvgIpc) is 3.04. The number of carbonyl (C=O) groups is 1. The largest absolute Gasteiger partial charge is 0.361 e. The molecule has 3 aromatic rings. The summed E-state index contributed by atoms with van der Waals surface area (Å²) >= 11 is 1.70. The molecular weight excluding hydrogens is 342 g/mol. The van der Waals surface area contributed by atoms with E-state index in [0.717, 1.165) is 17.5 Å². The van der Waals surface area contributed by atoms with Gasteiger partial charge in [-0.15, -0.1) is 11.8 Å². The van der Waals surface area contributed by atoms with Crippen LogP contribution in [-0.4, -0.2) is 34.6 Å². The summed E-state index contributed by atoms with van der Waals surface area (Å²) in [4.78, 5) is 18.5. The van der Waals surface area contributed by atoms with E-state index in [1.807, 2.05) is 35.4 Å². The zero-order valence-electron chi connectivity index (χ0n) is 15.2. The summed E-state index contributed by atoms with van der Waals surface area (Å²) in [5.74, 6) is 0.0512. The monoisotopic (exact) mass is 367 g/mol. The molecule has 2 aromatic carbocycles. The van der Waals surface area contributed by atoms with Crippen molar-refractivity contribution in [3.05, 3.63) is 65.9 Å². The van der Waals surface area contributed by atoms with Crippen LogP contribution in [0.4, 0.5) is 0 Å². The first kappa shape index (κ1) is 18.5. The molecule has 4 nitrogen and oxygen atoms in total. The molecule has 0 aliphatic rings. The molecule has 0 fully saturated rings. The number of rotatable bonds is 7. The summed E-state index contributed by atoms with van der Waals surface area (Å²) in [6.07, 6.45) is 4.81. The van der Waals surface area contributed by atoms with Crippen LogP contribution in [0.2, 0.25) is 0 Å². The van der Waals surface area contributed by atoms with E-state index in [-0.39, 0.29) is 11.9 Å². The lowest BCUT2D eigenvalue weighted by Crippen LogP contribution is -2.41. The van der Waals surface area contributed by atoms with Gasteiger partial charge < -0.3 is 15.6 Å². The molecule has 0 saturated heterocycles. The Morgan fingerprint density at radius 1 is 1.15 bits per heavy atom. The van der Waals surface area contributed by atoms with Crippen LogP contribution in [0.3, 0.4) is 0 Å². The number of H-pyrrole nitrogens is 1. The number of benzene rings is 2. The van der Waals surface area contributed by atoms with Crippen LogP contribution < -0.4 is 5.73 Å². The van der Waals surface area contributed by atoms with Crippen molar-refractivity contribution in [3.63, 3.8) is 0 Å². The second-order valence-corrected chi connectivity index (χ2v) is 7.38. The molecule has 0 saturated carbocycles. The zero-order valence-corrected chi connectivity index (χ0v) is 16.1. The number of thioether (sulfide) groups is 1. The fourth-order valence-corrected chi connectivity index (χ4v) is 3.88. The highest BCUT2D eigenvalue weighted by Gasteiger charge is 2.17. The van der Waals surface area contributed by atoms with E-state index < -0.39 is 0 Å². The zero-order chi connectivity index (χ0) is 18.5. The first-order valence-electron chi connectivity index (χ1n) is 8.76. The van der Waals surface area contributed by atoms with Gasteiger partial charge in [-0.05, 0) is 35.9 Å². The third-order valence-electron chi connectivity index (χ3n) is 4.61. The Hall–Kier alpha value is -2.24. The van der Waals surface area contributed by atoms with E-state index in [0.29, 0.717) is 13.1 Å². The van der Waals surface area contributed by atoms with Gasteiger partial charge in [0.1, 0.15) is 0 Å². The van der Waals surface area contributed by atoms with Crippen molar-refractivity contribution in [2.75, 3.05) is 12.8 Å². The quantitative estimate of drug-likeness (QED) is 0.624. The summed E-state index contributed by atoms with van der Waals surface area (Å²) < 4.78 is 0. The minimum Gasteiger partial charge on any atom is -0.361 e. The van der Waals surface area contributed by atoms with Crippen LogP contribution in [0.15, 0.2) is 59.6 Å². The smallest absolute Gasteiger partial charge is 0.219 e. The lowest BCUT2D eigenvalue weighted by Gasteiger charge is -2.25. The molecule has 1 atom stereocenters. The molecule has 3 N–H and O–H groups in total. The van der Waals surface area contributed by atoms with E-state index in [1.54, 1.807) is 18.7 Å². The summed E-state index contributed by atoms with van der Waals surface area (Å²) in [6, 6.07) is 16.3. The van der Waals surface area contributed by atoms with E-state index in [1.165, 1.54) is 15.8 Å². The number of aromatic nitrogens is 1. The molecule has 136 valence electrons. The summed E-state index contributed by atoms with van der Waals surface area (Å²) in [7, 11) is 0. The van der Waals surface area contributed by atoms with Crippen molar-refractivity contribution in [2.24, 2.45) is 5.73 Å². The van der Waals surface area contributed by atoms with Gasteiger partial charge in [0.25, 0.3) is 0 Å². The fraction of sp³-hybridized carbons (Fsp3) is 0.286. The number of carbonyl (C=O) groups excluding carboxylic acids is 1. The molecule has 0 bridgehead atoms. The van der Waals surface area contributed by atoms with Crippen LogP contribution >= 0.6 is 11.8 Å². The van der Waals surface area contributed by atoms with Gasteiger partial charge in [-0.1, -0.05) is 36.4 Å². The van der Waals surface area contributed by atoms with Crippen LogP contribution in [0, 0.1) is 0 Å². The van der Waals surface area contributed by atoms with Crippen molar-refractivity contribution < 1.29 is 4.79 Å². The highest BCUT2D eigenvalue weighted by Crippen LogP contribution is 2.22. The molecule has 1 unspecified atom stereocenters. The molecule has 3 rings (SSSR count). The molecule has 1 amide bonds. The van der Waals surface area contributed by atoms with Crippen LogP contribution in [-0.2, 0) is 17.8 Å². The van der Waals surface area contributed by atoms with Gasteiger partial charge in [0.2, 0.25) is 5.91 Å². The number of nitrogens with zero attached hydrogens (tertiary/aromatic N) is 1. The van der Waals surface area contributed by atoms with Crippen LogP contribution in [0.5, 0.6) is 0 Å². The topological polar surface area (TPSA) is 62.1 Å². The molecule has 0 spiro atoms. The fourth-order valence-electron chi connectivity index (χ4n) is 3.27. The van der Waals surface area contributed by atoms with E-state index in [4.69, 9.17) is 5.73 Å². The van der Waals surface area contributed by atoms with Gasteiger partial charge >= 0.3 is 0 Å². The maximum Gasteiger partial charge on any atom is 0.219 e. The Morgan fingerprint density at radius 3 is 2.65 bits per heavy atom. The Morgan fingerprint density at radius 2 is 1.88 bits per heavy atom. The summed E-state index contributed by atoms with van der Waals surface area (Å²) in [5, 5.41) is 1.20. The van der Waals surface area contributed by atoms with E-state index in [2.05, 4.69) is 35.5 Å². The summed E-state index contributed by atoms with van der Waals surface area (Å²) in [6.45, 7) is 2.74. The lowest BCUT2D eigenvalue weighted by atomic mass is 10.0. The van der Waals surface area contributed by atoms with Crippen LogP contribution in [0.1, 0.15) is 18.1 Å². The SMILES string of the molecule is CSc1ccccc1CN(CC(N)Cc1c[nH]c2ccccc12)C(C)=O. The second kappa shape index (κ2) is 8.43. The number of hydrogen-bond acceptors (Lipinski definition) is 3. The molecule has 5 heteroatoms. The minimum atomic E-state index is -0.112. The second-order valence-electron chi connectivity index (χ2n) is 6.54. The van der Waals surface area contributed by atoms with Gasteiger partial charge in [0, 0.05) is 48.1 Å². The number of amides is 1. The van der Waals surface area contributed by atoms with Crippen molar-refractivity contribution in [1.29, 1.82) is 0 Å². The Kier molecular flexibility index (Phi) is 6.01. The summed E-state index contributed by atoms with van der Waals surface area (Å²) in [5.41, 5.74) is 9.88. The van der Waals surface area contributed by atoms with E-state index in [9.17, 15) is 4.79 Å². The highest BCUT2D eigenvalue weighted by molar-refractivity contribution is 7.98. The molecule has 1 aromatic heterocycles.